The lowest BCUT2D eigenvalue weighted by atomic mass is 9.99. The highest BCUT2D eigenvalue weighted by Crippen LogP contribution is 2.38. The van der Waals surface area contributed by atoms with Crippen molar-refractivity contribution in [1.29, 1.82) is 0 Å². The highest BCUT2D eigenvalue weighted by Gasteiger charge is 2.57. The minimum atomic E-state index is -4.77. The Morgan fingerprint density at radius 3 is 2.33 bits per heavy atom. The van der Waals surface area contributed by atoms with Gasteiger partial charge in [-0.2, -0.15) is 13.2 Å². The summed E-state index contributed by atoms with van der Waals surface area (Å²) in [6, 6.07) is 2.98. The van der Waals surface area contributed by atoms with Gasteiger partial charge in [0.2, 0.25) is 5.91 Å². The number of ether oxygens (including phenoxy) is 4. The van der Waals surface area contributed by atoms with Gasteiger partial charge in [0.05, 0.1) is 25.3 Å². The van der Waals surface area contributed by atoms with Crippen LogP contribution in [-0.2, 0) is 25.2 Å². The van der Waals surface area contributed by atoms with Crippen molar-refractivity contribution in [1.82, 2.24) is 10.2 Å². The van der Waals surface area contributed by atoms with E-state index in [4.69, 9.17) is 18.9 Å². The zero-order valence-electron chi connectivity index (χ0n) is 24.3. The maximum atomic E-state index is 13.7. The molecule has 0 aliphatic carbocycles. The number of nitrogens with one attached hydrogen (secondary N) is 1. The number of amides is 2. The van der Waals surface area contributed by atoms with Gasteiger partial charge in [-0.3, -0.25) is 14.5 Å². The van der Waals surface area contributed by atoms with Gasteiger partial charge < -0.3 is 24.3 Å². The van der Waals surface area contributed by atoms with Crippen LogP contribution in [0, 0.1) is 0 Å². The first kappa shape index (κ1) is 33.3. The van der Waals surface area contributed by atoms with E-state index in [1.54, 1.807) is 34.6 Å². The molecule has 1 fully saturated rings. The first-order valence-electron chi connectivity index (χ1n) is 13.3. The van der Waals surface area contributed by atoms with E-state index in [2.05, 4.69) is 12.2 Å². The summed E-state index contributed by atoms with van der Waals surface area (Å²) >= 11 is 0. The number of halogens is 3. The predicted octanol–water partition coefficient (Wildman–Crippen LogP) is 5.35. The smallest absolute Gasteiger partial charge is 0.419 e. The monoisotopic (exact) mass is 574 g/mol. The third-order valence-corrected chi connectivity index (χ3v) is 6.20. The Morgan fingerprint density at radius 1 is 1.05 bits per heavy atom. The fourth-order valence-corrected chi connectivity index (χ4v) is 4.21. The summed E-state index contributed by atoms with van der Waals surface area (Å²) in [7, 11) is 0. The summed E-state index contributed by atoms with van der Waals surface area (Å²) in [5.41, 5.74) is -4.91. The van der Waals surface area contributed by atoms with Crippen molar-refractivity contribution in [2.45, 2.75) is 90.8 Å². The van der Waals surface area contributed by atoms with Crippen LogP contribution >= 0.6 is 0 Å². The van der Waals surface area contributed by atoms with Crippen LogP contribution < -0.4 is 10.1 Å². The number of unbranched alkanes of at least 4 members (excludes halogenated alkanes) is 2. The average molecular weight is 575 g/mol. The van der Waals surface area contributed by atoms with Crippen LogP contribution in [0.25, 0.3) is 0 Å². The number of nitrogens with zero attached hydrogens (tertiary/aromatic N) is 1. The minimum absolute atomic E-state index is 0.0797. The van der Waals surface area contributed by atoms with Crippen molar-refractivity contribution in [3.63, 3.8) is 0 Å². The zero-order chi connectivity index (χ0) is 30.4. The molecule has 0 aromatic heterocycles. The van der Waals surface area contributed by atoms with Crippen LogP contribution in [0.2, 0.25) is 0 Å². The Hall–Kier alpha value is -2.86. The Morgan fingerprint density at radius 2 is 1.73 bits per heavy atom. The first-order chi connectivity index (χ1) is 18.4. The van der Waals surface area contributed by atoms with Crippen LogP contribution in [0.5, 0.6) is 5.75 Å². The van der Waals surface area contributed by atoms with Crippen molar-refractivity contribution in [2.24, 2.45) is 0 Å². The molecule has 40 heavy (non-hydrogen) atoms. The molecule has 1 aliphatic heterocycles. The van der Waals surface area contributed by atoms with Gasteiger partial charge in [0.25, 0.3) is 0 Å². The average Bonchev–Trinajstić information content (AvgIpc) is 3.09. The van der Waals surface area contributed by atoms with Gasteiger partial charge in [-0.25, -0.2) is 4.79 Å². The predicted molar refractivity (Wildman–Crippen MR) is 141 cm³/mol. The van der Waals surface area contributed by atoms with Gasteiger partial charge in [0.15, 0.2) is 5.78 Å². The van der Waals surface area contributed by atoms with Crippen molar-refractivity contribution in [3.05, 3.63) is 29.3 Å². The number of hydrogen-bond donors (Lipinski definition) is 1. The van der Waals surface area contributed by atoms with Gasteiger partial charge >= 0.3 is 12.3 Å². The quantitative estimate of drug-likeness (QED) is 0.265. The first-order valence-corrected chi connectivity index (χ1v) is 13.3. The standard InChI is InChI=1S/C28H41F3N2O7/c1-8-9-10-13-37-14-15-38-22-12-11-19(16-20(22)28(29,30)31)21(34)17-32-23(35)27(7)18-39-26(5,6)33(27)24(36)40-25(2,3)4/h11-12,16H,8-10,13-15,17-18H2,1-7H3,(H,32,35). The topological polar surface area (TPSA) is 103 Å². The Balaban J connectivity index is 2.09. The molecule has 1 unspecified atom stereocenters. The highest BCUT2D eigenvalue weighted by molar-refractivity contribution is 6.01. The lowest BCUT2D eigenvalue weighted by Gasteiger charge is -2.39. The molecule has 1 aromatic rings. The molecule has 1 saturated heterocycles. The molecule has 1 heterocycles. The molecule has 0 bridgehead atoms. The molecule has 2 amide bonds. The summed E-state index contributed by atoms with van der Waals surface area (Å²) in [4.78, 5) is 40.1. The number of ketones is 1. The van der Waals surface area contributed by atoms with Crippen molar-refractivity contribution < 1.29 is 46.5 Å². The maximum absolute atomic E-state index is 13.7. The van der Waals surface area contributed by atoms with Crippen molar-refractivity contribution in [2.75, 3.05) is 33.0 Å². The molecule has 0 spiro atoms. The van der Waals surface area contributed by atoms with Crippen LogP contribution in [-0.4, -0.2) is 72.5 Å². The fourth-order valence-electron chi connectivity index (χ4n) is 4.21. The SMILES string of the molecule is CCCCCOCCOc1ccc(C(=O)CNC(=O)C2(C)COC(C)(C)N2C(=O)OC(C)(C)C)cc1C(F)(F)F. The maximum Gasteiger partial charge on any atom is 0.419 e. The Bertz CT molecular complexity index is 1050. The molecule has 12 heteroatoms. The number of hydrogen-bond acceptors (Lipinski definition) is 7. The second-order valence-electron chi connectivity index (χ2n) is 11.3. The number of rotatable bonds is 12. The van der Waals surface area contributed by atoms with Crippen molar-refractivity contribution in [3.8, 4) is 5.75 Å². The molecule has 1 N–H and O–H groups in total. The number of Topliss-reactive ketones (excluding diaryl/α,β-unsaturated/α-hetero) is 1. The number of benzene rings is 1. The van der Waals surface area contributed by atoms with E-state index in [1.807, 2.05) is 0 Å². The van der Waals surface area contributed by atoms with E-state index in [0.29, 0.717) is 12.7 Å². The highest BCUT2D eigenvalue weighted by atomic mass is 19.4. The third kappa shape index (κ3) is 8.82. The third-order valence-electron chi connectivity index (χ3n) is 6.20. The summed E-state index contributed by atoms with van der Waals surface area (Å²) in [6.45, 7) is 11.5. The van der Waals surface area contributed by atoms with Gasteiger partial charge in [0, 0.05) is 12.2 Å². The van der Waals surface area contributed by atoms with E-state index in [0.717, 1.165) is 30.2 Å². The van der Waals surface area contributed by atoms with E-state index in [9.17, 15) is 27.6 Å². The summed E-state index contributed by atoms with van der Waals surface area (Å²) in [5.74, 6) is -1.89. The van der Waals surface area contributed by atoms with Gasteiger partial charge in [-0.05, 0) is 66.2 Å². The van der Waals surface area contributed by atoms with E-state index < -0.39 is 58.7 Å². The normalized spacial score (nSPS) is 18.9. The summed E-state index contributed by atoms with van der Waals surface area (Å²) in [6.07, 6.45) is -2.66. The molecular weight excluding hydrogens is 533 g/mol. The molecule has 0 radical (unpaired) electrons. The van der Waals surface area contributed by atoms with Crippen molar-refractivity contribution >= 4 is 17.8 Å². The minimum Gasteiger partial charge on any atom is -0.491 e. The van der Waals surface area contributed by atoms with Gasteiger partial charge in [-0.1, -0.05) is 19.8 Å². The van der Waals surface area contributed by atoms with Crippen LogP contribution in [0.4, 0.5) is 18.0 Å². The second-order valence-corrected chi connectivity index (χ2v) is 11.3. The zero-order valence-corrected chi connectivity index (χ0v) is 24.3. The molecule has 1 aromatic carbocycles. The molecule has 9 nitrogen and oxygen atoms in total. The Kier molecular flexibility index (Phi) is 11.0. The second kappa shape index (κ2) is 13.2. The Labute approximate surface area is 233 Å². The van der Waals surface area contributed by atoms with Crippen LogP contribution in [0.3, 0.4) is 0 Å². The number of carbonyl (C=O) groups excluding carboxylic acids is 3. The van der Waals surface area contributed by atoms with Gasteiger partial charge in [0.1, 0.15) is 29.2 Å². The molecular formula is C28H41F3N2O7. The van der Waals surface area contributed by atoms with E-state index in [1.165, 1.54) is 13.0 Å². The lowest BCUT2D eigenvalue weighted by Crippen LogP contribution is -2.62. The summed E-state index contributed by atoms with van der Waals surface area (Å²) in [5, 5.41) is 2.44. The molecule has 1 aliphatic rings. The van der Waals surface area contributed by atoms with Crippen LogP contribution in [0.15, 0.2) is 18.2 Å². The summed E-state index contributed by atoms with van der Waals surface area (Å²) < 4.78 is 63.0. The largest absolute Gasteiger partial charge is 0.491 e. The fraction of sp³-hybridized carbons (Fsp3) is 0.679. The molecule has 226 valence electrons. The van der Waals surface area contributed by atoms with Crippen LogP contribution in [0.1, 0.15) is 83.7 Å². The van der Waals surface area contributed by atoms with E-state index in [-0.39, 0.29) is 25.4 Å². The molecule has 2 rings (SSSR count). The van der Waals surface area contributed by atoms with E-state index >= 15 is 0 Å². The molecule has 0 saturated carbocycles. The lowest BCUT2D eigenvalue weighted by molar-refractivity contribution is -0.139. The number of carbonyl (C=O) groups is 3. The number of alkyl halides is 3. The van der Waals surface area contributed by atoms with Gasteiger partial charge in [-0.15, -0.1) is 0 Å². The molecule has 1 atom stereocenters.